The topological polar surface area (TPSA) is 81.5 Å². The molecular formula is C23H27N3O4S. The van der Waals surface area contributed by atoms with E-state index < -0.39 is 11.5 Å². The maximum Gasteiger partial charge on any atom is 0.348 e. The van der Waals surface area contributed by atoms with Crippen molar-refractivity contribution in [1.29, 1.82) is 0 Å². The van der Waals surface area contributed by atoms with Crippen LogP contribution in [0.25, 0.3) is 10.2 Å². The number of hydrogen-bond acceptors (Lipinski definition) is 6. The Balaban J connectivity index is 1.93. The molecule has 164 valence electrons. The van der Waals surface area contributed by atoms with E-state index in [2.05, 4.69) is 4.98 Å². The highest BCUT2D eigenvalue weighted by molar-refractivity contribution is 7.20. The van der Waals surface area contributed by atoms with Gasteiger partial charge in [-0.25, -0.2) is 9.78 Å². The van der Waals surface area contributed by atoms with E-state index in [-0.39, 0.29) is 24.6 Å². The molecule has 2 heterocycles. The van der Waals surface area contributed by atoms with E-state index in [0.717, 1.165) is 16.9 Å². The summed E-state index contributed by atoms with van der Waals surface area (Å²) in [7, 11) is 0. The molecule has 0 aliphatic rings. The zero-order valence-corrected chi connectivity index (χ0v) is 19.3. The molecule has 0 radical (unpaired) electrons. The van der Waals surface area contributed by atoms with Crippen LogP contribution in [0.5, 0.6) is 0 Å². The number of benzene rings is 1. The number of carbonyl (C=O) groups excluding carboxylic acids is 2. The van der Waals surface area contributed by atoms with E-state index in [4.69, 9.17) is 4.74 Å². The van der Waals surface area contributed by atoms with Gasteiger partial charge in [-0.05, 0) is 45.7 Å². The van der Waals surface area contributed by atoms with E-state index >= 15 is 0 Å². The Kier molecular flexibility index (Phi) is 6.59. The third-order valence-corrected chi connectivity index (χ3v) is 6.16. The van der Waals surface area contributed by atoms with E-state index in [9.17, 15) is 14.4 Å². The molecule has 3 rings (SSSR count). The van der Waals surface area contributed by atoms with Crippen LogP contribution in [-0.2, 0) is 22.6 Å². The summed E-state index contributed by atoms with van der Waals surface area (Å²) in [6, 6.07) is 9.74. The molecule has 0 spiro atoms. The molecule has 0 aliphatic heterocycles. The minimum absolute atomic E-state index is 0.129. The first kappa shape index (κ1) is 22.7. The summed E-state index contributed by atoms with van der Waals surface area (Å²) in [6.45, 7) is 9.90. The van der Waals surface area contributed by atoms with E-state index in [1.165, 1.54) is 10.9 Å². The van der Waals surface area contributed by atoms with E-state index in [0.29, 0.717) is 27.2 Å². The minimum atomic E-state index is -0.466. The van der Waals surface area contributed by atoms with Gasteiger partial charge in [-0.1, -0.05) is 30.3 Å². The van der Waals surface area contributed by atoms with Crippen LogP contribution < -0.4 is 5.56 Å². The minimum Gasteiger partial charge on any atom is -0.462 e. The molecule has 0 N–H and O–H groups in total. The second-order valence-electron chi connectivity index (χ2n) is 8.27. The number of esters is 1. The summed E-state index contributed by atoms with van der Waals surface area (Å²) in [5.74, 6) is -0.648. The zero-order valence-electron chi connectivity index (χ0n) is 18.5. The Morgan fingerprint density at radius 1 is 1.19 bits per heavy atom. The molecule has 0 saturated carbocycles. The highest BCUT2D eigenvalue weighted by Gasteiger charge is 2.27. The Morgan fingerprint density at radius 2 is 1.87 bits per heavy atom. The molecule has 0 atom stereocenters. The predicted octanol–water partition coefficient (Wildman–Crippen LogP) is 3.77. The third-order valence-electron chi connectivity index (χ3n) is 4.98. The monoisotopic (exact) mass is 441 g/mol. The maximum absolute atomic E-state index is 13.2. The van der Waals surface area contributed by atoms with Crippen LogP contribution in [0.15, 0.2) is 41.5 Å². The lowest BCUT2D eigenvalue weighted by atomic mass is 10.0. The second kappa shape index (κ2) is 9.01. The lowest BCUT2D eigenvalue weighted by Gasteiger charge is -2.36. The van der Waals surface area contributed by atoms with Crippen molar-refractivity contribution in [1.82, 2.24) is 14.5 Å². The number of carbonyl (C=O) groups is 2. The van der Waals surface area contributed by atoms with Crippen LogP contribution in [0, 0.1) is 6.92 Å². The number of nitrogens with zero attached hydrogens (tertiary/aromatic N) is 3. The number of aryl methyl sites for hydroxylation is 1. The summed E-state index contributed by atoms with van der Waals surface area (Å²) in [5.41, 5.74) is 0.786. The Labute approximate surface area is 185 Å². The Hall–Kier alpha value is -3.00. The number of rotatable bonds is 6. The lowest BCUT2D eigenvalue weighted by molar-refractivity contribution is -0.137. The van der Waals surface area contributed by atoms with Gasteiger partial charge in [0.2, 0.25) is 5.91 Å². The fourth-order valence-corrected chi connectivity index (χ4v) is 4.39. The van der Waals surface area contributed by atoms with Crippen molar-refractivity contribution in [2.75, 3.05) is 6.61 Å². The molecule has 2 aromatic heterocycles. The summed E-state index contributed by atoms with van der Waals surface area (Å²) in [6.07, 6.45) is 1.37. The molecule has 3 aromatic rings. The quantitative estimate of drug-likeness (QED) is 0.544. The van der Waals surface area contributed by atoms with Gasteiger partial charge < -0.3 is 9.64 Å². The van der Waals surface area contributed by atoms with Gasteiger partial charge in [-0.2, -0.15) is 0 Å². The molecule has 7 nitrogen and oxygen atoms in total. The van der Waals surface area contributed by atoms with Crippen molar-refractivity contribution in [3.63, 3.8) is 0 Å². The smallest absolute Gasteiger partial charge is 0.348 e. The van der Waals surface area contributed by atoms with Gasteiger partial charge in [-0.15, -0.1) is 11.3 Å². The summed E-state index contributed by atoms with van der Waals surface area (Å²) < 4.78 is 6.38. The van der Waals surface area contributed by atoms with Crippen molar-refractivity contribution in [2.24, 2.45) is 0 Å². The molecule has 0 bridgehead atoms. The molecule has 1 aromatic carbocycles. The first-order valence-electron chi connectivity index (χ1n) is 10.1. The molecular weight excluding hydrogens is 414 g/mol. The zero-order chi connectivity index (χ0) is 22.8. The van der Waals surface area contributed by atoms with Crippen LogP contribution in [-0.4, -0.2) is 38.5 Å². The maximum atomic E-state index is 13.2. The summed E-state index contributed by atoms with van der Waals surface area (Å²) in [4.78, 5) is 45.4. The van der Waals surface area contributed by atoms with Gasteiger partial charge in [0.25, 0.3) is 5.56 Å². The highest BCUT2D eigenvalue weighted by Crippen LogP contribution is 2.27. The molecule has 0 aliphatic carbocycles. The Bertz CT molecular complexity index is 1160. The van der Waals surface area contributed by atoms with Crippen molar-refractivity contribution in [2.45, 2.75) is 53.2 Å². The Morgan fingerprint density at radius 3 is 2.48 bits per heavy atom. The van der Waals surface area contributed by atoms with Crippen LogP contribution in [0.3, 0.4) is 0 Å². The number of aromatic nitrogens is 2. The molecule has 0 saturated heterocycles. The molecule has 0 unspecified atom stereocenters. The van der Waals surface area contributed by atoms with Crippen molar-refractivity contribution < 1.29 is 14.3 Å². The van der Waals surface area contributed by atoms with Gasteiger partial charge in [0.15, 0.2) is 0 Å². The van der Waals surface area contributed by atoms with E-state index in [1.807, 2.05) is 51.1 Å². The van der Waals surface area contributed by atoms with Crippen LogP contribution in [0.1, 0.15) is 48.5 Å². The normalized spacial score (nSPS) is 11.5. The number of ether oxygens (including phenoxy) is 1. The average Bonchev–Trinajstić information content (AvgIpc) is 3.05. The van der Waals surface area contributed by atoms with Gasteiger partial charge in [0, 0.05) is 12.1 Å². The number of fused-ring (bicyclic) bond motifs is 1. The third kappa shape index (κ3) is 4.85. The van der Waals surface area contributed by atoms with Gasteiger partial charge in [0.05, 0.1) is 18.3 Å². The first-order valence-corrected chi connectivity index (χ1v) is 10.9. The largest absolute Gasteiger partial charge is 0.462 e. The van der Waals surface area contributed by atoms with Gasteiger partial charge in [0.1, 0.15) is 16.3 Å². The lowest BCUT2D eigenvalue weighted by Crippen LogP contribution is -2.47. The molecule has 8 heteroatoms. The molecule has 0 fully saturated rings. The van der Waals surface area contributed by atoms with Crippen LogP contribution >= 0.6 is 11.3 Å². The number of thiophene rings is 1. The van der Waals surface area contributed by atoms with E-state index in [1.54, 1.807) is 18.7 Å². The predicted molar refractivity (Wildman–Crippen MR) is 121 cm³/mol. The van der Waals surface area contributed by atoms with Gasteiger partial charge in [-0.3, -0.25) is 14.2 Å². The summed E-state index contributed by atoms with van der Waals surface area (Å²) in [5, 5.41) is 0.355. The standard InChI is InChI=1S/C23H27N3O4S/c1-6-30-22(29)19-15(2)18-20(31-19)24-14-25(21(18)28)13-17(27)26(23(3,4)5)12-16-10-8-7-9-11-16/h7-11,14H,6,12-13H2,1-5H3. The second-order valence-corrected chi connectivity index (χ2v) is 9.27. The first-order chi connectivity index (χ1) is 14.6. The summed E-state index contributed by atoms with van der Waals surface area (Å²) >= 11 is 1.13. The molecule has 31 heavy (non-hydrogen) atoms. The SMILES string of the molecule is CCOC(=O)c1sc2ncn(CC(=O)N(Cc3ccccc3)C(C)(C)C)c(=O)c2c1C. The van der Waals surface area contributed by atoms with Crippen molar-refractivity contribution in [3.8, 4) is 0 Å². The fraction of sp³-hybridized carbons (Fsp3) is 0.391. The number of amides is 1. The van der Waals surface area contributed by atoms with Crippen molar-refractivity contribution >= 4 is 33.4 Å². The van der Waals surface area contributed by atoms with Crippen molar-refractivity contribution in [3.05, 3.63) is 63.0 Å². The van der Waals surface area contributed by atoms with Crippen LogP contribution in [0.2, 0.25) is 0 Å². The number of hydrogen-bond donors (Lipinski definition) is 0. The van der Waals surface area contributed by atoms with Gasteiger partial charge >= 0.3 is 5.97 Å². The molecule has 1 amide bonds. The fourth-order valence-electron chi connectivity index (χ4n) is 3.36. The highest BCUT2D eigenvalue weighted by atomic mass is 32.1. The van der Waals surface area contributed by atoms with Crippen LogP contribution in [0.4, 0.5) is 0 Å². The average molecular weight is 442 g/mol.